The highest BCUT2D eigenvalue weighted by molar-refractivity contribution is 6.30. The van der Waals surface area contributed by atoms with Gasteiger partial charge in [-0.25, -0.2) is 0 Å². The molecular formula is C11H16ClNO2. The molecule has 1 aromatic carbocycles. The molecule has 0 bridgehead atoms. The molecule has 4 heteroatoms. The third kappa shape index (κ3) is 2.43. The van der Waals surface area contributed by atoms with E-state index in [-0.39, 0.29) is 0 Å². The molecule has 3 nitrogen and oxygen atoms in total. The minimum Gasteiger partial charge on any atom is -0.496 e. The molecule has 0 amide bonds. The minimum atomic E-state index is -0.546. The van der Waals surface area contributed by atoms with Crippen molar-refractivity contribution in [1.82, 2.24) is 0 Å². The first-order valence-electron chi connectivity index (χ1n) is 4.66. The lowest BCUT2D eigenvalue weighted by molar-refractivity contribution is 0.00823. The highest BCUT2D eigenvalue weighted by atomic mass is 35.5. The number of benzene rings is 1. The zero-order valence-corrected chi connectivity index (χ0v) is 9.97. The van der Waals surface area contributed by atoms with Gasteiger partial charge in [-0.05, 0) is 19.1 Å². The van der Waals surface area contributed by atoms with Crippen molar-refractivity contribution >= 4 is 11.6 Å². The monoisotopic (exact) mass is 229 g/mol. The van der Waals surface area contributed by atoms with Crippen LogP contribution < -0.4 is 10.5 Å². The lowest BCUT2D eigenvalue weighted by Gasteiger charge is -2.28. The van der Waals surface area contributed by atoms with E-state index in [1.807, 2.05) is 13.0 Å². The van der Waals surface area contributed by atoms with Gasteiger partial charge in [-0.3, -0.25) is 0 Å². The molecule has 0 saturated carbocycles. The maximum Gasteiger partial charge on any atom is 0.126 e. The second kappa shape index (κ2) is 4.84. The molecular weight excluding hydrogens is 214 g/mol. The molecule has 0 aliphatic heterocycles. The number of methoxy groups -OCH3 is 2. The van der Waals surface area contributed by atoms with Crippen molar-refractivity contribution in [3.8, 4) is 5.75 Å². The summed E-state index contributed by atoms with van der Waals surface area (Å²) in [5.41, 5.74) is 6.05. The molecule has 15 heavy (non-hydrogen) atoms. The summed E-state index contributed by atoms with van der Waals surface area (Å²) in [7, 11) is 3.22. The van der Waals surface area contributed by atoms with Gasteiger partial charge in [0.05, 0.1) is 7.11 Å². The zero-order chi connectivity index (χ0) is 11.5. The molecule has 1 rings (SSSR count). The Balaban J connectivity index is 3.23. The van der Waals surface area contributed by atoms with Gasteiger partial charge >= 0.3 is 0 Å². The molecule has 0 fully saturated rings. The normalized spacial score (nSPS) is 14.7. The van der Waals surface area contributed by atoms with Gasteiger partial charge in [0.15, 0.2) is 0 Å². The maximum absolute atomic E-state index is 5.88. The minimum absolute atomic E-state index is 0.376. The van der Waals surface area contributed by atoms with Gasteiger partial charge in [0.2, 0.25) is 0 Å². The van der Waals surface area contributed by atoms with Gasteiger partial charge in [0.1, 0.15) is 11.4 Å². The lowest BCUT2D eigenvalue weighted by Crippen LogP contribution is -2.34. The first kappa shape index (κ1) is 12.3. The molecule has 1 aromatic rings. The second-order valence-electron chi connectivity index (χ2n) is 3.48. The summed E-state index contributed by atoms with van der Waals surface area (Å²) >= 11 is 5.88. The number of hydrogen-bond donors (Lipinski definition) is 1. The van der Waals surface area contributed by atoms with Gasteiger partial charge in [-0.1, -0.05) is 17.7 Å². The molecule has 1 atom stereocenters. The van der Waals surface area contributed by atoms with Gasteiger partial charge in [0.25, 0.3) is 0 Å². The largest absolute Gasteiger partial charge is 0.496 e. The zero-order valence-electron chi connectivity index (χ0n) is 9.21. The Hall–Kier alpha value is -0.770. The Labute approximate surface area is 95.1 Å². The fourth-order valence-corrected chi connectivity index (χ4v) is 1.57. The third-order valence-corrected chi connectivity index (χ3v) is 2.81. The van der Waals surface area contributed by atoms with Gasteiger partial charge in [0, 0.05) is 24.2 Å². The quantitative estimate of drug-likeness (QED) is 0.861. The molecule has 1 unspecified atom stereocenters. The van der Waals surface area contributed by atoms with E-state index in [1.165, 1.54) is 0 Å². The number of rotatable bonds is 4. The Bertz CT molecular complexity index is 337. The second-order valence-corrected chi connectivity index (χ2v) is 3.92. The highest BCUT2D eigenvalue weighted by Crippen LogP contribution is 2.33. The van der Waals surface area contributed by atoms with Crippen molar-refractivity contribution < 1.29 is 9.47 Å². The Morgan fingerprint density at radius 2 is 2.07 bits per heavy atom. The maximum atomic E-state index is 5.88. The molecule has 0 aromatic heterocycles. The van der Waals surface area contributed by atoms with E-state index in [9.17, 15) is 0 Å². The van der Waals surface area contributed by atoms with E-state index in [4.69, 9.17) is 26.8 Å². The van der Waals surface area contributed by atoms with Crippen molar-refractivity contribution in [3.05, 3.63) is 28.8 Å². The van der Waals surface area contributed by atoms with Crippen LogP contribution in [0.3, 0.4) is 0 Å². The SMILES string of the molecule is COc1cc(Cl)ccc1C(C)(CN)OC. The molecule has 0 aliphatic rings. The summed E-state index contributed by atoms with van der Waals surface area (Å²) in [5.74, 6) is 0.692. The fourth-order valence-electron chi connectivity index (χ4n) is 1.41. The number of halogens is 1. The highest BCUT2D eigenvalue weighted by Gasteiger charge is 2.27. The van der Waals surface area contributed by atoms with Gasteiger partial charge in [-0.2, -0.15) is 0 Å². The first-order chi connectivity index (χ1) is 7.07. The summed E-state index contributed by atoms with van der Waals surface area (Å²) in [6.45, 7) is 2.29. The molecule has 0 saturated heterocycles. The average molecular weight is 230 g/mol. The molecule has 0 radical (unpaired) electrons. The van der Waals surface area contributed by atoms with Crippen LogP contribution >= 0.6 is 11.6 Å². The number of hydrogen-bond acceptors (Lipinski definition) is 3. The Morgan fingerprint density at radius 1 is 1.40 bits per heavy atom. The summed E-state index contributed by atoms with van der Waals surface area (Å²) in [6.07, 6.45) is 0. The first-order valence-corrected chi connectivity index (χ1v) is 5.04. The Kier molecular flexibility index (Phi) is 3.97. The van der Waals surface area contributed by atoms with E-state index in [0.29, 0.717) is 17.3 Å². The summed E-state index contributed by atoms with van der Waals surface area (Å²) < 4.78 is 10.7. The van der Waals surface area contributed by atoms with Crippen LogP contribution in [0.4, 0.5) is 0 Å². The van der Waals surface area contributed by atoms with Crippen LogP contribution in [0.5, 0.6) is 5.75 Å². The van der Waals surface area contributed by atoms with Crippen molar-refractivity contribution in [2.75, 3.05) is 20.8 Å². The standard InChI is InChI=1S/C11H16ClNO2/c1-11(7-13,15-3)9-5-4-8(12)6-10(9)14-2/h4-6H,7,13H2,1-3H3. The summed E-state index contributed by atoms with van der Waals surface area (Å²) in [6, 6.07) is 5.42. The van der Waals surface area contributed by atoms with E-state index in [1.54, 1.807) is 26.4 Å². The molecule has 2 N–H and O–H groups in total. The summed E-state index contributed by atoms with van der Waals surface area (Å²) in [4.78, 5) is 0. The molecule has 0 aliphatic carbocycles. The van der Waals surface area contributed by atoms with Crippen LogP contribution in [0, 0.1) is 0 Å². The Morgan fingerprint density at radius 3 is 2.53 bits per heavy atom. The van der Waals surface area contributed by atoms with E-state index in [2.05, 4.69) is 0 Å². The van der Waals surface area contributed by atoms with Gasteiger partial charge in [-0.15, -0.1) is 0 Å². The predicted molar refractivity (Wildman–Crippen MR) is 61.4 cm³/mol. The number of nitrogens with two attached hydrogens (primary N) is 1. The van der Waals surface area contributed by atoms with Crippen LogP contribution in [-0.4, -0.2) is 20.8 Å². The van der Waals surface area contributed by atoms with E-state index >= 15 is 0 Å². The van der Waals surface area contributed by atoms with Crippen molar-refractivity contribution in [1.29, 1.82) is 0 Å². The van der Waals surface area contributed by atoms with E-state index < -0.39 is 5.60 Å². The van der Waals surface area contributed by atoms with Crippen LogP contribution in [0.15, 0.2) is 18.2 Å². The smallest absolute Gasteiger partial charge is 0.126 e. The lowest BCUT2D eigenvalue weighted by atomic mass is 9.95. The fraction of sp³-hybridized carbons (Fsp3) is 0.455. The van der Waals surface area contributed by atoms with Crippen molar-refractivity contribution in [2.24, 2.45) is 5.73 Å². The predicted octanol–water partition coefficient (Wildman–Crippen LogP) is 2.17. The molecule has 84 valence electrons. The molecule has 0 heterocycles. The van der Waals surface area contributed by atoms with Crippen LogP contribution in [0.2, 0.25) is 5.02 Å². The third-order valence-electron chi connectivity index (χ3n) is 2.57. The van der Waals surface area contributed by atoms with Crippen molar-refractivity contribution in [3.63, 3.8) is 0 Å². The topological polar surface area (TPSA) is 44.5 Å². The van der Waals surface area contributed by atoms with Crippen LogP contribution in [-0.2, 0) is 10.3 Å². The summed E-state index contributed by atoms with van der Waals surface area (Å²) in [5, 5.41) is 0.631. The van der Waals surface area contributed by atoms with Crippen LogP contribution in [0.1, 0.15) is 12.5 Å². The average Bonchev–Trinajstić information content (AvgIpc) is 2.27. The number of ether oxygens (including phenoxy) is 2. The van der Waals surface area contributed by atoms with Crippen LogP contribution in [0.25, 0.3) is 0 Å². The van der Waals surface area contributed by atoms with E-state index in [0.717, 1.165) is 5.56 Å². The van der Waals surface area contributed by atoms with Crippen molar-refractivity contribution in [2.45, 2.75) is 12.5 Å². The van der Waals surface area contributed by atoms with Gasteiger partial charge < -0.3 is 15.2 Å². The molecule has 0 spiro atoms.